The van der Waals surface area contributed by atoms with Crippen LogP contribution in [0.2, 0.25) is 0 Å². The van der Waals surface area contributed by atoms with Gasteiger partial charge < -0.3 is 4.74 Å². The van der Waals surface area contributed by atoms with Crippen LogP contribution in [0, 0.1) is 5.41 Å². The van der Waals surface area contributed by atoms with Crippen LogP contribution in [-0.2, 0) is 10.2 Å². The van der Waals surface area contributed by atoms with Crippen molar-refractivity contribution in [3.8, 4) is 5.75 Å². The first-order valence-corrected chi connectivity index (χ1v) is 5.93. The van der Waals surface area contributed by atoms with Gasteiger partial charge in [0.25, 0.3) is 0 Å². The minimum Gasteiger partial charge on any atom is -0.426 e. The third-order valence-corrected chi connectivity index (χ3v) is 2.52. The second kappa shape index (κ2) is 4.52. The number of benzene rings is 1. The molecule has 0 aliphatic heterocycles. The van der Waals surface area contributed by atoms with Crippen molar-refractivity contribution in [2.24, 2.45) is 5.41 Å². The van der Waals surface area contributed by atoms with Crippen molar-refractivity contribution in [3.63, 3.8) is 0 Å². The molecule has 0 fully saturated rings. The number of rotatable bonds is 1. The summed E-state index contributed by atoms with van der Waals surface area (Å²) < 4.78 is 5.38. The third kappa shape index (κ3) is 3.88. The normalized spacial score (nSPS) is 12.4. The van der Waals surface area contributed by atoms with Crippen molar-refractivity contribution in [1.29, 1.82) is 0 Å². The Balaban J connectivity index is 2.91. The van der Waals surface area contributed by atoms with Gasteiger partial charge in [0, 0.05) is 0 Å². The molecule has 2 heteroatoms. The molecular weight excluding hydrogens is 212 g/mol. The number of hydrogen-bond acceptors (Lipinski definition) is 2. The van der Waals surface area contributed by atoms with Crippen molar-refractivity contribution in [1.82, 2.24) is 0 Å². The van der Waals surface area contributed by atoms with Crippen LogP contribution in [0.4, 0.5) is 0 Å². The van der Waals surface area contributed by atoms with Gasteiger partial charge in [-0.05, 0) is 43.9 Å². The maximum atomic E-state index is 11.8. The van der Waals surface area contributed by atoms with E-state index in [-0.39, 0.29) is 11.4 Å². The molecule has 0 saturated heterocycles. The molecule has 0 aromatic heterocycles. The van der Waals surface area contributed by atoms with Gasteiger partial charge in [-0.15, -0.1) is 0 Å². The Morgan fingerprint density at radius 2 is 1.65 bits per heavy atom. The molecule has 0 bridgehead atoms. The highest BCUT2D eigenvalue weighted by molar-refractivity contribution is 5.77. The SMILES string of the molecule is CC(C)(C)C(=O)Oc1cccc(C(C)(C)C)c1. The zero-order valence-electron chi connectivity index (χ0n) is 11.6. The van der Waals surface area contributed by atoms with Gasteiger partial charge in [-0.2, -0.15) is 0 Å². The van der Waals surface area contributed by atoms with Crippen molar-refractivity contribution in [2.45, 2.75) is 47.0 Å². The lowest BCUT2D eigenvalue weighted by Gasteiger charge is -2.21. The van der Waals surface area contributed by atoms with Gasteiger partial charge in [0.15, 0.2) is 0 Å². The Kier molecular flexibility index (Phi) is 3.65. The average molecular weight is 234 g/mol. The molecule has 0 N–H and O–H groups in total. The quantitative estimate of drug-likeness (QED) is 0.543. The molecule has 2 nitrogen and oxygen atoms in total. The summed E-state index contributed by atoms with van der Waals surface area (Å²) in [5.41, 5.74) is 0.749. The van der Waals surface area contributed by atoms with E-state index in [1.54, 1.807) is 0 Å². The van der Waals surface area contributed by atoms with Gasteiger partial charge >= 0.3 is 5.97 Å². The molecule has 0 saturated carbocycles. The smallest absolute Gasteiger partial charge is 0.316 e. The highest BCUT2D eigenvalue weighted by Gasteiger charge is 2.24. The Hall–Kier alpha value is -1.31. The number of hydrogen-bond donors (Lipinski definition) is 0. The summed E-state index contributed by atoms with van der Waals surface area (Å²) in [6.45, 7) is 12.0. The summed E-state index contributed by atoms with van der Waals surface area (Å²) in [6, 6.07) is 7.73. The summed E-state index contributed by atoms with van der Waals surface area (Å²) in [5.74, 6) is 0.418. The second-order valence-corrected chi connectivity index (χ2v) is 6.42. The van der Waals surface area contributed by atoms with E-state index < -0.39 is 5.41 Å². The van der Waals surface area contributed by atoms with Crippen LogP contribution < -0.4 is 4.74 Å². The largest absolute Gasteiger partial charge is 0.426 e. The molecule has 0 radical (unpaired) electrons. The van der Waals surface area contributed by atoms with Gasteiger partial charge in [-0.3, -0.25) is 4.79 Å². The minimum absolute atomic E-state index is 0.0597. The lowest BCUT2D eigenvalue weighted by atomic mass is 9.87. The van der Waals surface area contributed by atoms with Crippen molar-refractivity contribution >= 4 is 5.97 Å². The number of carbonyl (C=O) groups is 1. The maximum Gasteiger partial charge on any atom is 0.316 e. The molecule has 0 amide bonds. The van der Waals surface area contributed by atoms with E-state index in [9.17, 15) is 4.79 Å². The Morgan fingerprint density at radius 1 is 1.06 bits per heavy atom. The summed E-state index contributed by atoms with van der Waals surface area (Å²) >= 11 is 0. The fourth-order valence-electron chi connectivity index (χ4n) is 1.29. The second-order valence-electron chi connectivity index (χ2n) is 6.42. The van der Waals surface area contributed by atoms with Gasteiger partial charge in [-0.1, -0.05) is 32.9 Å². The lowest BCUT2D eigenvalue weighted by molar-refractivity contribution is -0.143. The van der Waals surface area contributed by atoms with Crippen LogP contribution in [0.15, 0.2) is 24.3 Å². The Labute approximate surface area is 104 Å². The monoisotopic (exact) mass is 234 g/mol. The molecule has 1 rings (SSSR count). The standard InChI is InChI=1S/C15H22O2/c1-14(2,3)11-8-7-9-12(10-11)17-13(16)15(4,5)6/h7-10H,1-6H3. The first kappa shape index (κ1) is 13.8. The summed E-state index contributed by atoms with van der Waals surface area (Å²) in [5, 5.41) is 0. The molecule has 0 unspecified atom stereocenters. The summed E-state index contributed by atoms with van der Waals surface area (Å²) in [6.07, 6.45) is 0. The molecule has 0 heterocycles. The van der Waals surface area contributed by atoms with E-state index in [1.165, 1.54) is 0 Å². The summed E-state index contributed by atoms with van der Waals surface area (Å²) in [4.78, 5) is 11.8. The van der Waals surface area contributed by atoms with Gasteiger partial charge in [-0.25, -0.2) is 0 Å². The highest BCUT2D eigenvalue weighted by Crippen LogP contribution is 2.26. The van der Waals surface area contributed by atoms with Crippen molar-refractivity contribution < 1.29 is 9.53 Å². The third-order valence-electron chi connectivity index (χ3n) is 2.52. The zero-order chi connectivity index (χ0) is 13.3. The highest BCUT2D eigenvalue weighted by atomic mass is 16.5. The van der Waals surface area contributed by atoms with Gasteiger partial charge in [0.1, 0.15) is 5.75 Å². The number of carbonyl (C=O) groups excluding carboxylic acids is 1. The van der Waals surface area contributed by atoms with Crippen LogP contribution >= 0.6 is 0 Å². The molecule has 0 spiro atoms. The topological polar surface area (TPSA) is 26.3 Å². The predicted molar refractivity (Wildman–Crippen MR) is 70.2 cm³/mol. The molecule has 17 heavy (non-hydrogen) atoms. The first-order chi connectivity index (χ1) is 7.60. The van der Waals surface area contributed by atoms with E-state index in [0.29, 0.717) is 5.75 Å². The van der Waals surface area contributed by atoms with E-state index in [1.807, 2.05) is 39.0 Å². The van der Waals surface area contributed by atoms with Crippen molar-refractivity contribution in [2.75, 3.05) is 0 Å². The van der Waals surface area contributed by atoms with E-state index >= 15 is 0 Å². The van der Waals surface area contributed by atoms with Crippen LogP contribution in [0.25, 0.3) is 0 Å². The molecule has 0 aliphatic carbocycles. The Bertz CT molecular complexity index is 406. The number of ether oxygens (including phenoxy) is 1. The predicted octanol–water partition coefficient (Wildman–Crippen LogP) is 3.94. The van der Waals surface area contributed by atoms with Crippen LogP contribution in [0.5, 0.6) is 5.75 Å². The fraction of sp³-hybridized carbons (Fsp3) is 0.533. The minimum atomic E-state index is -0.474. The molecule has 1 aromatic rings. The first-order valence-electron chi connectivity index (χ1n) is 5.93. The lowest BCUT2D eigenvalue weighted by Crippen LogP contribution is -2.25. The molecule has 1 aromatic carbocycles. The van der Waals surface area contributed by atoms with E-state index in [4.69, 9.17) is 4.74 Å². The zero-order valence-corrected chi connectivity index (χ0v) is 11.6. The fourth-order valence-corrected chi connectivity index (χ4v) is 1.29. The average Bonchev–Trinajstić information content (AvgIpc) is 2.15. The van der Waals surface area contributed by atoms with Gasteiger partial charge in [0.2, 0.25) is 0 Å². The Morgan fingerprint density at radius 3 is 2.12 bits per heavy atom. The van der Waals surface area contributed by atoms with Crippen molar-refractivity contribution in [3.05, 3.63) is 29.8 Å². The van der Waals surface area contributed by atoms with Crippen LogP contribution in [0.3, 0.4) is 0 Å². The molecule has 0 aliphatic rings. The number of esters is 1. The molecule has 94 valence electrons. The summed E-state index contributed by atoms with van der Waals surface area (Å²) in [7, 11) is 0. The van der Waals surface area contributed by atoms with E-state index in [0.717, 1.165) is 5.56 Å². The maximum absolute atomic E-state index is 11.8. The molecular formula is C15H22O2. The van der Waals surface area contributed by atoms with Crippen LogP contribution in [-0.4, -0.2) is 5.97 Å². The van der Waals surface area contributed by atoms with E-state index in [2.05, 4.69) is 26.8 Å². The van der Waals surface area contributed by atoms with Crippen LogP contribution in [0.1, 0.15) is 47.1 Å². The molecule has 0 atom stereocenters. The van der Waals surface area contributed by atoms with Gasteiger partial charge in [0.05, 0.1) is 5.41 Å².